The number of benzene rings is 1. The first-order valence-electron chi connectivity index (χ1n) is 6.04. The molecule has 3 rings (SSSR count). The summed E-state index contributed by atoms with van der Waals surface area (Å²) in [6.07, 6.45) is 2.76. The van der Waals surface area contributed by atoms with Crippen LogP contribution in [0.25, 0.3) is 0 Å². The van der Waals surface area contributed by atoms with Gasteiger partial charge < -0.3 is 5.32 Å². The van der Waals surface area contributed by atoms with Crippen LogP contribution < -0.4 is 9.62 Å². The SMILES string of the molecule is O=S1(=O)CCCCN1c1ccc2c(c1)NCC2. The summed E-state index contributed by atoms with van der Waals surface area (Å²) < 4.78 is 25.5. The highest BCUT2D eigenvalue weighted by Gasteiger charge is 2.26. The van der Waals surface area contributed by atoms with Crippen molar-refractivity contribution in [3.63, 3.8) is 0 Å². The molecular formula is C12H16N2O2S. The Morgan fingerprint density at radius 3 is 2.94 bits per heavy atom. The van der Waals surface area contributed by atoms with Crippen LogP contribution in [0.1, 0.15) is 18.4 Å². The molecule has 0 saturated carbocycles. The van der Waals surface area contributed by atoms with Gasteiger partial charge in [0.15, 0.2) is 0 Å². The smallest absolute Gasteiger partial charge is 0.235 e. The number of hydrogen-bond donors (Lipinski definition) is 1. The summed E-state index contributed by atoms with van der Waals surface area (Å²) in [4.78, 5) is 0. The van der Waals surface area contributed by atoms with Gasteiger partial charge in [-0.3, -0.25) is 4.31 Å². The first-order valence-corrected chi connectivity index (χ1v) is 7.65. The van der Waals surface area contributed by atoms with Gasteiger partial charge in [-0.15, -0.1) is 0 Å². The Kier molecular flexibility index (Phi) is 2.50. The molecule has 0 spiro atoms. The zero-order chi connectivity index (χ0) is 11.9. The molecule has 0 bridgehead atoms. The van der Waals surface area contributed by atoms with Crippen molar-refractivity contribution < 1.29 is 8.42 Å². The lowest BCUT2D eigenvalue weighted by Gasteiger charge is -2.28. The Balaban J connectivity index is 1.98. The van der Waals surface area contributed by atoms with E-state index < -0.39 is 10.0 Å². The van der Waals surface area contributed by atoms with Gasteiger partial charge in [-0.05, 0) is 37.0 Å². The second-order valence-electron chi connectivity index (χ2n) is 4.61. The van der Waals surface area contributed by atoms with Crippen LogP contribution >= 0.6 is 0 Å². The van der Waals surface area contributed by atoms with E-state index in [0.29, 0.717) is 6.54 Å². The van der Waals surface area contributed by atoms with Crippen LogP contribution in [0.5, 0.6) is 0 Å². The standard InChI is InChI=1S/C12H16N2O2S/c15-17(16)8-2-1-7-14(17)11-4-3-10-5-6-13-12(10)9-11/h3-4,9,13H,1-2,5-8H2. The van der Waals surface area contributed by atoms with Crippen LogP contribution in [-0.4, -0.2) is 27.3 Å². The number of anilines is 2. The molecule has 2 aliphatic rings. The fourth-order valence-corrected chi connectivity index (χ4v) is 4.14. The third-order valence-electron chi connectivity index (χ3n) is 3.44. The van der Waals surface area contributed by atoms with Crippen LogP contribution in [0.3, 0.4) is 0 Å². The second kappa shape index (κ2) is 3.91. The van der Waals surface area contributed by atoms with Crippen molar-refractivity contribution in [2.24, 2.45) is 0 Å². The predicted molar refractivity (Wildman–Crippen MR) is 69.0 cm³/mol. The lowest BCUT2D eigenvalue weighted by atomic mass is 10.1. The number of hydrogen-bond acceptors (Lipinski definition) is 3. The molecule has 1 saturated heterocycles. The maximum Gasteiger partial charge on any atom is 0.235 e. The fourth-order valence-electron chi connectivity index (χ4n) is 2.51. The summed E-state index contributed by atoms with van der Waals surface area (Å²) in [5.74, 6) is 0.275. The van der Waals surface area contributed by atoms with Gasteiger partial charge in [0.2, 0.25) is 10.0 Å². The monoisotopic (exact) mass is 252 g/mol. The summed E-state index contributed by atoms with van der Waals surface area (Å²) >= 11 is 0. The molecule has 0 radical (unpaired) electrons. The van der Waals surface area contributed by atoms with Gasteiger partial charge in [0.1, 0.15) is 0 Å². The molecule has 5 heteroatoms. The molecular weight excluding hydrogens is 236 g/mol. The minimum absolute atomic E-state index is 0.275. The first kappa shape index (κ1) is 10.9. The van der Waals surface area contributed by atoms with Crippen LogP contribution in [0, 0.1) is 0 Å². The van der Waals surface area contributed by atoms with Crippen LogP contribution in [0.2, 0.25) is 0 Å². The zero-order valence-corrected chi connectivity index (χ0v) is 10.5. The van der Waals surface area contributed by atoms with Crippen LogP contribution in [0.4, 0.5) is 11.4 Å². The first-order chi connectivity index (χ1) is 8.17. The van der Waals surface area contributed by atoms with Gasteiger partial charge in [0.25, 0.3) is 0 Å². The molecule has 1 fully saturated rings. The molecule has 2 heterocycles. The Bertz CT molecular complexity index is 539. The van der Waals surface area contributed by atoms with Crippen molar-refractivity contribution in [2.45, 2.75) is 19.3 Å². The molecule has 0 atom stereocenters. The van der Waals surface area contributed by atoms with Gasteiger partial charge in [0.05, 0.1) is 11.4 Å². The highest BCUT2D eigenvalue weighted by atomic mass is 32.2. The Hall–Kier alpha value is -1.23. The minimum atomic E-state index is -3.09. The number of rotatable bonds is 1. The molecule has 0 aromatic heterocycles. The van der Waals surface area contributed by atoms with E-state index in [4.69, 9.17) is 0 Å². The molecule has 92 valence electrons. The second-order valence-corrected chi connectivity index (χ2v) is 6.63. The third-order valence-corrected chi connectivity index (χ3v) is 5.31. The number of fused-ring (bicyclic) bond motifs is 1. The van der Waals surface area contributed by atoms with Gasteiger partial charge in [0, 0.05) is 18.8 Å². The normalized spacial score (nSPS) is 22.0. The molecule has 0 amide bonds. The Labute approximate surface area is 102 Å². The van der Waals surface area contributed by atoms with Crippen LogP contribution in [-0.2, 0) is 16.4 Å². The van der Waals surface area contributed by atoms with Crippen molar-refractivity contribution in [3.8, 4) is 0 Å². The van der Waals surface area contributed by atoms with Crippen molar-refractivity contribution in [2.75, 3.05) is 28.5 Å². The van der Waals surface area contributed by atoms with E-state index in [1.165, 1.54) is 5.56 Å². The van der Waals surface area contributed by atoms with Crippen molar-refractivity contribution in [1.29, 1.82) is 0 Å². The number of nitrogens with zero attached hydrogens (tertiary/aromatic N) is 1. The largest absolute Gasteiger partial charge is 0.384 e. The highest BCUT2D eigenvalue weighted by Crippen LogP contribution is 2.30. The van der Waals surface area contributed by atoms with Gasteiger partial charge in [-0.1, -0.05) is 6.07 Å². The summed E-state index contributed by atoms with van der Waals surface area (Å²) in [6, 6.07) is 5.93. The molecule has 1 aromatic rings. The highest BCUT2D eigenvalue weighted by molar-refractivity contribution is 7.92. The zero-order valence-electron chi connectivity index (χ0n) is 9.65. The summed E-state index contributed by atoms with van der Waals surface area (Å²) in [5, 5.41) is 3.29. The van der Waals surface area contributed by atoms with E-state index in [-0.39, 0.29) is 5.75 Å². The molecule has 1 aromatic carbocycles. The molecule has 4 nitrogen and oxygen atoms in total. The summed E-state index contributed by atoms with van der Waals surface area (Å²) in [7, 11) is -3.09. The van der Waals surface area contributed by atoms with Crippen LogP contribution in [0.15, 0.2) is 18.2 Å². The average molecular weight is 252 g/mol. The van der Waals surface area contributed by atoms with E-state index in [0.717, 1.165) is 37.2 Å². The van der Waals surface area contributed by atoms with Gasteiger partial charge in [-0.2, -0.15) is 0 Å². The Morgan fingerprint density at radius 2 is 2.12 bits per heavy atom. The molecule has 0 unspecified atom stereocenters. The van der Waals surface area contributed by atoms with E-state index >= 15 is 0 Å². The molecule has 2 aliphatic heterocycles. The minimum Gasteiger partial charge on any atom is -0.384 e. The quantitative estimate of drug-likeness (QED) is 0.825. The average Bonchev–Trinajstić information content (AvgIpc) is 2.75. The number of nitrogens with one attached hydrogen (secondary N) is 1. The number of sulfonamides is 1. The van der Waals surface area contributed by atoms with Crippen molar-refractivity contribution in [3.05, 3.63) is 23.8 Å². The molecule has 17 heavy (non-hydrogen) atoms. The van der Waals surface area contributed by atoms with E-state index in [2.05, 4.69) is 5.32 Å². The van der Waals surface area contributed by atoms with Gasteiger partial charge >= 0.3 is 0 Å². The molecule has 0 aliphatic carbocycles. The predicted octanol–water partition coefficient (Wildman–Crippen LogP) is 1.58. The summed E-state index contributed by atoms with van der Waals surface area (Å²) in [5.41, 5.74) is 3.17. The van der Waals surface area contributed by atoms with Crippen molar-refractivity contribution >= 4 is 21.4 Å². The lowest BCUT2D eigenvalue weighted by Crippen LogP contribution is -2.37. The van der Waals surface area contributed by atoms with E-state index in [9.17, 15) is 8.42 Å². The fraction of sp³-hybridized carbons (Fsp3) is 0.500. The topological polar surface area (TPSA) is 49.4 Å². The van der Waals surface area contributed by atoms with Gasteiger partial charge in [-0.25, -0.2) is 8.42 Å². The molecule has 1 N–H and O–H groups in total. The maximum absolute atomic E-state index is 12.0. The third kappa shape index (κ3) is 1.88. The maximum atomic E-state index is 12.0. The van der Waals surface area contributed by atoms with Crippen molar-refractivity contribution in [1.82, 2.24) is 0 Å². The van der Waals surface area contributed by atoms with E-state index in [1.54, 1.807) is 4.31 Å². The lowest BCUT2D eigenvalue weighted by molar-refractivity contribution is 0.574. The Morgan fingerprint density at radius 1 is 1.24 bits per heavy atom. The van der Waals surface area contributed by atoms with E-state index in [1.807, 2.05) is 18.2 Å². The summed E-state index contributed by atoms with van der Waals surface area (Å²) in [6.45, 7) is 1.56.